The Labute approximate surface area is 94.7 Å². The zero-order valence-electron chi connectivity index (χ0n) is 9.68. The fraction of sp³-hybridized carbons (Fsp3) is 0.909. The van der Waals surface area contributed by atoms with Gasteiger partial charge in [-0.25, -0.2) is 8.78 Å². The lowest BCUT2D eigenvalue weighted by atomic mass is 9.82. The van der Waals surface area contributed by atoms with Crippen LogP contribution in [-0.2, 0) is 9.53 Å². The molecular formula is C11H19F2NO2. The van der Waals surface area contributed by atoms with Crippen LogP contribution < -0.4 is 0 Å². The highest BCUT2D eigenvalue weighted by Crippen LogP contribution is 2.30. The van der Waals surface area contributed by atoms with Crippen molar-refractivity contribution in [3.8, 4) is 0 Å². The fourth-order valence-electron chi connectivity index (χ4n) is 2.13. The molecule has 1 unspecified atom stereocenters. The highest BCUT2D eigenvalue weighted by Gasteiger charge is 2.38. The molecule has 1 rings (SSSR count). The van der Waals surface area contributed by atoms with E-state index in [1.54, 1.807) is 6.92 Å². The van der Waals surface area contributed by atoms with Gasteiger partial charge < -0.3 is 4.74 Å². The minimum Gasteiger partial charge on any atom is -0.462 e. The number of hydrogen-bond acceptors (Lipinski definition) is 3. The van der Waals surface area contributed by atoms with Gasteiger partial charge in [0.2, 0.25) is 0 Å². The van der Waals surface area contributed by atoms with Crippen molar-refractivity contribution in [3.63, 3.8) is 0 Å². The van der Waals surface area contributed by atoms with E-state index >= 15 is 0 Å². The Morgan fingerprint density at radius 3 is 2.81 bits per heavy atom. The third-order valence-corrected chi connectivity index (χ3v) is 2.98. The molecule has 0 saturated carbocycles. The van der Waals surface area contributed by atoms with Gasteiger partial charge in [-0.3, -0.25) is 9.69 Å². The maximum Gasteiger partial charge on any atom is 0.313 e. The molecule has 5 heteroatoms. The van der Waals surface area contributed by atoms with Crippen LogP contribution in [0.5, 0.6) is 0 Å². The van der Waals surface area contributed by atoms with Gasteiger partial charge in [0.1, 0.15) is 20.0 Å². The lowest BCUT2D eigenvalue weighted by Crippen LogP contribution is -2.47. The van der Waals surface area contributed by atoms with Crippen LogP contribution in [0.2, 0.25) is 0 Å². The molecule has 94 valence electrons. The van der Waals surface area contributed by atoms with E-state index in [-0.39, 0.29) is 12.6 Å². The van der Waals surface area contributed by atoms with Gasteiger partial charge >= 0.3 is 5.97 Å². The van der Waals surface area contributed by atoms with Crippen LogP contribution in [0.4, 0.5) is 8.78 Å². The third kappa shape index (κ3) is 3.40. The Bertz CT molecular complexity index is 236. The molecule has 0 bridgehead atoms. The van der Waals surface area contributed by atoms with Crippen molar-refractivity contribution in [2.24, 2.45) is 5.41 Å². The van der Waals surface area contributed by atoms with E-state index in [4.69, 9.17) is 4.74 Å². The SMILES string of the molecule is CC1(C(=O)OCCF)CCCN(CCF)C1. The second kappa shape index (κ2) is 6.13. The summed E-state index contributed by atoms with van der Waals surface area (Å²) in [7, 11) is 0. The summed E-state index contributed by atoms with van der Waals surface area (Å²) in [4.78, 5) is 13.6. The van der Waals surface area contributed by atoms with E-state index in [2.05, 4.69) is 0 Å². The van der Waals surface area contributed by atoms with E-state index in [1.165, 1.54) is 0 Å². The summed E-state index contributed by atoms with van der Waals surface area (Å²) in [5, 5.41) is 0. The van der Waals surface area contributed by atoms with E-state index < -0.39 is 18.8 Å². The van der Waals surface area contributed by atoms with Crippen molar-refractivity contribution in [2.45, 2.75) is 19.8 Å². The zero-order chi connectivity index (χ0) is 12.0. The second-order valence-corrected chi connectivity index (χ2v) is 4.45. The number of ether oxygens (including phenoxy) is 1. The Balaban J connectivity index is 2.50. The van der Waals surface area contributed by atoms with Gasteiger partial charge in [0, 0.05) is 13.1 Å². The number of esters is 1. The van der Waals surface area contributed by atoms with Crippen molar-refractivity contribution >= 4 is 5.97 Å². The van der Waals surface area contributed by atoms with Crippen molar-refractivity contribution in [3.05, 3.63) is 0 Å². The van der Waals surface area contributed by atoms with Crippen molar-refractivity contribution in [1.82, 2.24) is 4.90 Å². The minimum atomic E-state index is -0.657. The van der Waals surface area contributed by atoms with Gasteiger partial charge in [0.05, 0.1) is 5.41 Å². The lowest BCUT2D eigenvalue weighted by Gasteiger charge is -2.38. The van der Waals surface area contributed by atoms with Crippen LogP contribution in [-0.4, -0.2) is 50.5 Å². The molecule has 1 fully saturated rings. The van der Waals surface area contributed by atoms with Gasteiger partial charge in [0.25, 0.3) is 0 Å². The van der Waals surface area contributed by atoms with Crippen LogP contribution in [0.15, 0.2) is 0 Å². The van der Waals surface area contributed by atoms with E-state index in [1.807, 2.05) is 4.90 Å². The standard InChI is InChI=1S/C11H19F2NO2/c1-11(10(15)16-8-5-13)3-2-6-14(9-11)7-4-12/h2-9H2,1H3. The molecule has 3 nitrogen and oxygen atoms in total. The minimum absolute atomic E-state index is 0.183. The molecule has 0 N–H and O–H groups in total. The highest BCUT2D eigenvalue weighted by atomic mass is 19.1. The number of hydrogen-bond donors (Lipinski definition) is 0. The molecule has 0 spiro atoms. The summed E-state index contributed by atoms with van der Waals surface area (Å²) in [5.74, 6) is -0.367. The summed E-state index contributed by atoms with van der Waals surface area (Å²) in [6, 6.07) is 0. The number of likely N-dealkylation sites (tertiary alicyclic amines) is 1. The van der Waals surface area contributed by atoms with Gasteiger partial charge in [-0.15, -0.1) is 0 Å². The van der Waals surface area contributed by atoms with Crippen LogP contribution in [0.3, 0.4) is 0 Å². The fourth-order valence-corrected chi connectivity index (χ4v) is 2.13. The molecule has 0 aliphatic carbocycles. The number of carbonyl (C=O) groups excluding carboxylic acids is 1. The van der Waals surface area contributed by atoms with E-state index in [0.717, 1.165) is 19.4 Å². The van der Waals surface area contributed by atoms with Gasteiger partial charge in [0.15, 0.2) is 0 Å². The molecule has 0 radical (unpaired) electrons. The number of piperidine rings is 1. The largest absolute Gasteiger partial charge is 0.462 e. The second-order valence-electron chi connectivity index (χ2n) is 4.45. The molecule has 1 heterocycles. The summed E-state index contributed by atoms with van der Waals surface area (Å²) >= 11 is 0. The van der Waals surface area contributed by atoms with Gasteiger partial charge in [-0.1, -0.05) is 0 Å². The summed E-state index contributed by atoms with van der Waals surface area (Å²) in [6.07, 6.45) is 1.57. The number of halogens is 2. The van der Waals surface area contributed by atoms with Crippen molar-refractivity contribution < 1.29 is 18.3 Å². The molecule has 0 aromatic carbocycles. The number of alkyl halides is 2. The van der Waals surface area contributed by atoms with Gasteiger partial charge in [-0.2, -0.15) is 0 Å². The third-order valence-electron chi connectivity index (χ3n) is 2.98. The Hall–Kier alpha value is -0.710. The first kappa shape index (κ1) is 13.4. The Kier molecular flexibility index (Phi) is 5.12. The quantitative estimate of drug-likeness (QED) is 0.677. The number of nitrogens with zero attached hydrogens (tertiary/aromatic N) is 1. The predicted octanol–water partition coefficient (Wildman–Crippen LogP) is 1.57. The molecule has 16 heavy (non-hydrogen) atoms. The summed E-state index contributed by atoms with van der Waals surface area (Å²) in [6.45, 7) is 2.23. The molecule has 1 aliphatic heterocycles. The Morgan fingerprint density at radius 1 is 1.44 bits per heavy atom. The van der Waals surface area contributed by atoms with Crippen LogP contribution in [0.25, 0.3) is 0 Å². The Morgan fingerprint density at radius 2 is 2.19 bits per heavy atom. The predicted molar refractivity (Wildman–Crippen MR) is 56.7 cm³/mol. The van der Waals surface area contributed by atoms with Crippen LogP contribution in [0, 0.1) is 5.41 Å². The first-order valence-corrected chi connectivity index (χ1v) is 5.64. The summed E-state index contributed by atoms with van der Waals surface area (Å²) in [5.41, 5.74) is -0.609. The zero-order valence-corrected chi connectivity index (χ0v) is 9.68. The van der Waals surface area contributed by atoms with Gasteiger partial charge in [-0.05, 0) is 26.3 Å². The van der Waals surface area contributed by atoms with E-state index in [0.29, 0.717) is 13.1 Å². The van der Waals surface area contributed by atoms with E-state index in [9.17, 15) is 13.6 Å². The molecule has 1 aliphatic rings. The molecule has 1 saturated heterocycles. The highest BCUT2D eigenvalue weighted by molar-refractivity contribution is 5.76. The molecular weight excluding hydrogens is 216 g/mol. The maximum absolute atomic E-state index is 12.2. The number of rotatable bonds is 5. The molecule has 0 aromatic rings. The molecule has 0 amide bonds. The van der Waals surface area contributed by atoms with Crippen molar-refractivity contribution in [2.75, 3.05) is 39.6 Å². The molecule has 1 atom stereocenters. The van der Waals surface area contributed by atoms with Crippen LogP contribution >= 0.6 is 0 Å². The lowest BCUT2D eigenvalue weighted by molar-refractivity contribution is -0.158. The number of carbonyl (C=O) groups is 1. The van der Waals surface area contributed by atoms with Crippen LogP contribution in [0.1, 0.15) is 19.8 Å². The molecule has 0 aromatic heterocycles. The smallest absolute Gasteiger partial charge is 0.313 e. The normalized spacial score (nSPS) is 26.7. The first-order valence-electron chi connectivity index (χ1n) is 5.64. The summed E-state index contributed by atoms with van der Waals surface area (Å²) < 4.78 is 29.0. The average Bonchev–Trinajstić information content (AvgIpc) is 2.26. The monoisotopic (exact) mass is 235 g/mol. The van der Waals surface area contributed by atoms with Crippen molar-refractivity contribution in [1.29, 1.82) is 0 Å². The topological polar surface area (TPSA) is 29.5 Å². The first-order chi connectivity index (χ1) is 7.62. The maximum atomic E-state index is 12.2. The average molecular weight is 235 g/mol.